The Hall–Kier alpha value is -5.17. The predicted molar refractivity (Wildman–Crippen MR) is 165 cm³/mol. The molecule has 0 radical (unpaired) electrons. The first-order valence-electron chi connectivity index (χ1n) is 13.9. The van der Waals surface area contributed by atoms with E-state index in [1.165, 1.54) is 0 Å². The first-order valence-corrected chi connectivity index (χ1v) is 13.9. The number of ether oxygens (including phenoxy) is 1. The summed E-state index contributed by atoms with van der Waals surface area (Å²) < 4.78 is 5.88. The molecule has 0 saturated carbocycles. The number of aromatic nitrogens is 1. The molecule has 2 amide bonds. The number of carboxylic acid groups (broad SMARTS) is 1. The van der Waals surface area contributed by atoms with Crippen LogP contribution in [-0.2, 0) is 24.3 Å². The molecule has 0 aliphatic heterocycles. The van der Waals surface area contributed by atoms with E-state index < -0.39 is 5.97 Å². The molecule has 0 aliphatic rings. The zero-order valence-corrected chi connectivity index (χ0v) is 23.7. The normalized spacial score (nSPS) is 10.8. The fourth-order valence-corrected chi connectivity index (χ4v) is 5.16. The van der Waals surface area contributed by atoms with E-state index in [4.69, 9.17) is 4.74 Å². The Morgan fingerprint density at radius 3 is 2.40 bits per heavy atom. The van der Waals surface area contributed by atoms with Crippen LogP contribution in [0.1, 0.15) is 23.6 Å². The fourth-order valence-electron chi connectivity index (χ4n) is 5.16. The monoisotopic (exact) mass is 559 g/mol. The molecule has 0 unspecified atom stereocenters. The highest BCUT2D eigenvalue weighted by atomic mass is 16.5. The first kappa shape index (κ1) is 28.4. The molecule has 0 fully saturated rings. The van der Waals surface area contributed by atoms with E-state index >= 15 is 0 Å². The molecule has 4 aromatic carbocycles. The van der Waals surface area contributed by atoms with Gasteiger partial charge in [-0.05, 0) is 70.6 Å². The van der Waals surface area contributed by atoms with E-state index in [0.29, 0.717) is 30.9 Å². The van der Waals surface area contributed by atoms with Gasteiger partial charge in [0.25, 0.3) is 0 Å². The summed E-state index contributed by atoms with van der Waals surface area (Å²) in [6.45, 7) is 3.29. The number of amides is 2. The highest BCUT2D eigenvalue weighted by Crippen LogP contribution is 2.39. The number of carbonyl (C=O) groups excluding carboxylic acids is 1. The molecule has 0 spiro atoms. The van der Waals surface area contributed by atoms with Crippen LogP contribution in [0, 0.1) is 0 Å². The lowest BCUT2D eigenvalue weighted by Gasteiger charge is -2.24. The molecule has 7 heteroatoms. The quantitative estimate of drug-likeness (QED) is 0.193. The van der Waals surface area contributed by atoms with Gasteiger partial charge >= 0.3 is 12.0 Å². The molecule has 7 nitrogen and oxygen atoms in total. The summed E-state index contributed by atoms with van der Waals surface area (Å²) in [4.78, 5) is 31.2. The van der Waals surface area contributed by atoms with Gasteiger partial charge < -0.3 is 20.1 Å². The van der Waals surface area contributed by atoms with Crippen LogP contribution in [0.4, 0.5) is 4.79 Å². The number of fused-ring (bicyclic) bond motifs is 1. The zero-order chi connectivity index (χ0) is 29.5. The van der Waals surface area contributed by atoms with Gasteiger partial charge in [-0.15, -0.1) is 0 Å². The number of methoxy groups -OCH3 is 1. The average Bonchev–Trinajstić information content (AvgIpc) is 3.02. The van der Waals surface area contributed by atoms with Gasteiger partial charge in [-0.1, -0.05) is 66.7 Å². The molecule has 5 aromatic rings. The third-order valence-electron chi connectivity index (χ3n) is 7.31. The second kappa shape index (κ2) is 13.0. The topological polar surface area (TPSA) is 91.8 Å². The molecule has 2 N–H and O–H groups in total. The number of aliphatic carboxylic acids is 1. The third-order valence-corrected chi connectivity index (χ3v) is 7.31. The highest BCUT2D eigenvalue weighted by molar-refractivity contribution is 5.88. The van der Waals surface area contributed by atoms with E-state index in [2.05, 4.69) is 10.3 Å². The van der Waals surface area contributed by atoms with E-state index in [9.17, 15) is 14.7 Å². The number of nitrogens with one attached hydrogen (secondary N) is 1. The number of nitrogens with zero attached hydrogens (tertiary/aromatic N) is 2. The summed E-state index contributed by atoms with van der Waals surface area (Å²) in [6, 6.07) is 31.1. The Morgan fingerprint density at radius 2 is 1.64 bits per heavy atom. The maximum atomic E-state index is 13.1. The standard InChI is InChI=1S/C35H33N3O4/c1-3-38(35(41)37-22-24-10-5-4-6-11-24)23-27-12-7-8-14-29(27)31-19-28(20-34(39)40)30(21-33(31)42-2)25-15-16-32-26(18-25)13-9-17-36-32/h4-19,21H,3,20,22-23H2,1-2H3,(H,37,41)(H,39,40). The lowest BCUT2D eigenvalue weighted by Crippen LogP contribution is -2.39. The molecule has 1 aromatic heterocycles. The van der Waals surface area contributed by atoms with Gasteiger partial charge in [-0.2, -0.15) is 0 Å². The molecule has 0 atom stereocenters. The minimum atomic E-state index is -0.921. The number of hydrogen-bond acceptors (Lipinski definition) is 4. The molecule has 212 valence electrons. The first-order chi connectivity index (χ1) is 20.5. The van der Waals surface area contributed by atoms with Crippen molar-refractivity contribution in [3.05, 3.63) is 120 Å². The van der Waals surface area contributed by atoms with E-state index in [0.717, 1.165) is 44.3 Å². The van der Waals surface area contributed by atoms with Crippen LogP contribution < -0.4 is 10.1 Å². The average molecular weight is 560 g/mol. The van der Waals surface area contributed by atoms with Crippen LogP contribution in [0.2, 0.25) is 0 Å². The summed E-state index contributed by atoms with van der Waals surface area (Å²) in [6.07, 6.45) is 1.60. The summed E-state index contributed by atoms with van der Waals surface area (Å²) >= 11 is 0. The maximum absolute atomic E-state index is 13.1. The number of carboxylic acids is 1. The number of rotatable bonds is 10. The molecule has 5 rings (SSSR count). The number of urea groups is 1. The van der Waals surface area contributed by atoms with Gasteiger partial charge in [-0.3, -0.25) is 9.78 Å². The molecule has 1 heterocycles. The van der Waals surface area contributed by atoms with Crippen molar-refractivity contribution >= 4 is 22.9 Å². The molecule has 42 heavy (non-hydrogen) atoms. The number of benzene rings is 4. The van der Waals surface area contributed by atoms with E-state index in [1.54, 1.807) is 18.2 Å². The van der Waals surface area contributed by atoms with Crippen molar-refractivity contribution in [2.45, 2.75) is 26.4 Å². The lowest BCUT2D eigenvalue weighted by molar-refractivity contribution is -0.136. The maximum Gasteiger partial charge on any atom is 0.317 e. The largest absolute Gasteiger partial charge is 0.496 e. The van der Waals surface area contributed by atoms with Crippen molar-refractivity contribution in [3.8, 4) is 28.0 Å². The van der Waals surface area contributed by atoms with Crippen molar-refractivity contribution in [1.29, 1.82) is 0 Å². The van der Waals surface area contributed by atoms with Crippen LogP contribution in [0.25, 0.3) is 33.2 Å². The minimum Gasteiger partial charge on any atom is -0.496 e. The Kier molecular flexibility index (Phi) is 8.78. The van der Waals surface area contributed by atoms with Crippen molar-refractivity contribution in [2.75, 3.05) is 13.7 Å². The summed E-state index contributed by atoms with van der Waals surface area (Å²) in [5, 5.41) is 13.8. The van der Waals surface area contributed by atoms with Gasteiger partial charge in [0, 0.05) is 36.8 Å². The summed E-state index contributed by atoms with van der Waals surface area (Å²) in [5.41, 5.74) is 6.82. The highest BCUT2D eigenvalue weighted by Gasteiger charge is 2.20. The van der Waals surface area contributed by atoms with E-state index in [1.807, 2.05) is 104 Å². The molecule has 0 bridgehead atoms. The zero-order valence-electron chi connectivity index (χ0n) is 23.7. The van der Waals surface area contributed by atoms with Crippen LogP contribution in [0.5, 0.6) is 5.75 Å². The number of hydrogen-bond donors (Lipinski definition) is 2. The summed E-state index contributed by atoms with van der Waals surface area (Å²) in [7, 11) is 1.61. The number of pyridine rings is 1. The second-order valence-electron chi connectivity index (χ2n) is 10.0. The Balaban J connectivity index is 1.51. The van der Waals surface area contributed by atoms with Crippen molar-refractivity contribution in [3.63, 3.8) is 0 Å². The van der Waals surface area contributed by atoms with Gasteiger partial charge in [0.2, 0.25) is 0 Å². The van der Waals surface area contributed by atoms with Crippen molar-refractivity contribution < 1.29 is 19.4 Å². The molecule has 0 saturated heterocycles. The fraction of sp³-hybridized carbons (Fsp3) is 0.171. The summed E-state index contributed by atoms with van der Waals surface area (Å²) in [5.74, 6) is -0.301. The van der Waals surface area contributed by atoms with Crippen LogP contribution in [0.15, 0.2) is 103 Å². The Labute approximate surface area is 245 Å². The van der Waals surface area contributed by atoms with Crippen LogP contribution >= 0.6 is 0 Å². The molecule has 0 aliphatic carbocycles. The third kappa shape index (κ3) is 6.41. The van der Waals surface area contributed by atoms with Crippen LogP contribution in [-0.4, -0.2) is 40.6 Å². The SMILES string of the molecule is CCN(Cc1ccccc1-c1cc(CC(=O)O)c(-c2ccc3ncccc3c2)cc1OC)C(=O)NCc1ccccc1. The van der Waals surface area contributed by atoms with Crippen LogP contribution in [0.3, 0.4) is 0 Å². The minimum absolute atomic E-state index is 0.150. The van der Waals surface area contributed by atoms with Gasteiger partial charge in [0.1, 0.15) is 5.75 Å². The Morgan fingerprint density at radius 1 is 0.857 bits per heavy atom. The van der Waals surface area contributed by atoms with Gasteiger partial charge in [0.05, 0.1) is 19.0 Å². The van der Waals surface area contributed by atoms with Crippen molar-refractivity contribution in [1.82, 2.24) is 15.2 Å². The Bertz CT molecular complexity index is 1720. The second-order valence-corrected chi connectivity index (χ2v) is 10.0. The molecular weight excluding hydrogens is 526 g/mol. The van der Waals surface area contributed by atoms with E-state index in [-0.39, 0.29) is 12.5 Å². The van der Waals surface area contributed by atoms with Gasteiger partial charge in [-0.25, -0.2) is 4.79 Å². The van der Waals surface area contributed by atoms with Crippen molar-refractivity contribution in [2.24, 2.45) is 0 Å². The molecular formula is C35H33N3O4. The predicted octanol–water partition coefficient (Wildman–Crippen LogP) is 6.94. The smallest absolute Gasteiger partial charge is 0.317 e. The number of carbonyl (C=O) groups is 2. The van der Waals surface area contributed by atoms with Gasteiger partial charge in [0.15, 0.2) is 0 Å². The lowest BCUT2D eigenvalue weighted by atomic mass is 9.90.